The van der Waals surface area contributed by atoms with Crippen LogP contribution in [-0.2, 0) is 12.8 Å². The predicted molar refractivity (Wildman–Crippen MR) is 164 cm³/mol. The number of amides is 1. The van der Waals surface area contributed by atoms with Crippen molar-refractivity contribution in [2.24, 2.45) is 5.73 Å². The van der Waals surface area contributed by atoms with Crippen molar-refractivity contribution in [3.05, 3.63) is 102 Å². The number of nitrogens with two attached hydrogens (primary N) is 2. The Morgan fingerprint density at radius 3 is 2.64 bits per heavy atom. The number of benzene rings is 2. The van der Waals surface area contributed by atoms with Crippen molar-refractivity contribution in [2.75, 3.05) is 12.8 Å². The van der Waals surface area contributed by atoms with E-state index in [0.29, 0.717) is 29.5 Å². The first-order valence-corrected chi connectivity index (χ1v) is 13.8. The van der Waals surface area contributed by atoms with E-state index in [1.54, 1.807) is 30.4 Å². The van der Waals surface area contributed by atoms with E-state index in [9.17, 15) is 9.59 Å². The highest BCUT2D eigenvalue weighted by molar-refractivity contribution is 5.95. The standard InChI is InChI=1S/C24H21N7O.C8H7NO3/c1-32-18-13-27-30(14-18)21-10-9-20-24(29-21)31(17-8-7-15-4-2-5-16(15)12-17)23(28-20)19-6-3-11-26-22(19)25;9-8(12)5-1-2-7(11)6(3-5)4-10/h3,6-14H,2,4-5H2,1H3,(H2,25,26);1-4,11H,(H2,9,12). The normalized spacial score (nSPS) is 11.9. The van der Waals surface area contributed by atoms with Crippen LogP contribution in [0.4, 0.5) is 5.82 Å². The number of nitrogens with zero attached hydrogens (tertiary/aromatic N) is 6. The van der Waals surface area contributed by atoms with E-state index in [-0.39, 0.29) is 16.9 Å². The maximum absolute atomic E-state index is 10.6. The average molecular weight is 589 g/mol. The molecule has 1 aliphatic carbocycles. The van der Waals surface area contributed by atoms with E-state index >= 15 is 0 Å². The van der Waals surface area contributed by atoms with Gasteiger partial charge >= 0.3 is 0 Å². The van der Waals surface area contributed by atoms with Crippen LogP contribution in [0.25, 0.3) is 34.1 Å². The number of anilines is 1. The average Bonchev–Trinajstić information content (AvgIpc) is 3.79. The second kappa shape index (κ2) is 11.7. The molecule has 0 aliphatic heterocycles. The number of ether oxygens (including phenoxy) is 1. The zero-order valence-electron chi connectivity index (χ0n) is 23.7. The second-order valence-corrected chi connectivity index (χ2v) is 10.1. The number of carbonyl (C=O) groups excluding carboxylic acids is 2. The van der Waals surface area contributed by atoms with E-state index in [2.05, 4.69) is 32.8 Å². The molecule has 0 saturated heterocycles. The Morgan fingerprint density at radius 2 is 1.89 bits per heavy atom. The van der Waals surface area contributed by atoms with E-state index < -0.39 is 5.91 Å². The summed E-state index contributed by atoms with van der Waals surface area (Å²) in [5.41, 5.74) is 17.5. The monoisotopic (exact) mass is 588 g/mol. The topological polar surface area (TPSA) is 177 Å². The number of phenols is 1. The molecule has 5 N–H and O–H groups in total. The van der Waals surface area contributed by atoms with E-state index in [1.165, 1.54) is 35.7 Å². The smallest absolute Gasteiger partial charge is 0.248 e. The van der Waals surface area contributed by atoms with E-state index in [0.717, 1.165) is 35.3 Å². The van der Waals surface area contributed by atoms with Crippen molar-refractivity contribution in [3.8, 4) is 34.4 Å². The molecule has 1 amide bonds. The highest BCUT2D eigenvalue weighted by Gasteiger charge is 2.20. The molecule has 7 rings (SSSR count). The summed E-state index contributed by atoms with van der Waals surface area (Å²) < 4.78 is 9.02. The minimum atomic E-state index is -0.627. The van der Waals surface area contributed by atoms with Crippen molar-refractivity contribution < 1.29 is 19.4 Å². The zero-order chi connectivity index (χ0) is 30.8. The molecular weight excluding hydrogens is 560 g/mol. The number of carbonyl (C=O) groups is 2. The fourth-order valence-electron chi connectivity index (χ4n) is 5.14. The van der Waals surface area contributed by atoms with Crippen molar-refractivity contribution in [2.45, 2.75) is 19.3 Å². The largest absolute Gasteiger partial charge is 0.507 e. The molecule has 44 heavy (non-hydrogen) atoms. The highest BCUT2D eigenvalue weighted by Crippen LogP contribution is 2.33. The van der Waals surface area contributed by atoms with Crippen LogP contribution in [0.3, 0.4) is 0 Å². The first-order chi connectivity index (χ1) is 21.4. The number of primary amides is 1. The number of fused-ring (bicyclic) bond motifs is 2. The van der Waals surface area contributed by atoms with Crippen LogP contribution in [0.2, 0.25) is 0 Å². The molecule has 0 saturated carbocycles. The number of hydrogen-bond donors (Lipinski definition) is 3. The summed E-state index contributed by atoms with van der Waals surface area (Å²) in [5, 5.41) is 13.4. The van der Waals surface area contributed by atoms with Gasteiger partial charge in [0.25, 0.3) is 0 Å². The Bertz CT molecular complexity index is 2030. The van der Waals surface area contributed by atoms with Gasteiger partial charge in [-0.2, -0.15) is 5.10 Å². The zero-order valence-corrected chi connectivity index (χ0v) is 23.7. The Labute approximate surface area is 251 Å². The Hall–Kier alpha value is -6.04. The van der Waals surface area contributed by atoms with Crippen molar-refractivity contribution >= 4 is 29.2 Å². The minimum absolute atomic E-state index is 0.0614. The number of pyridine rings is 2. The number of nitrogen functional groups attached to an aromatic ring is 1. The minimum Gasteiger partial charge on any atom is -0.507 e. The molecule has 0 atom stereocenters. The van der Waals surface area contributed by atoms with Crippen molar-refractivity contribution in [3.63, 3.8) is 0 Å². The molecule has 0 spiro atoms. The molecule has 4 aromatic heterocycles. The summed E-state index contributed by atoms with van der Waals surface area (Å²) >= 11 is 0. The van der Waals surface area contributed by atoms with Gasteiger partial charge in [0.15, 0.2) is 29.3 Å². The third kappa shape index (κ3) is 5.31. The molecular formula is C32H28N8O4. The lowest BCUT2D eigenvalue weighted by Crippen LogP contribution is -2.10. The van der Waals surface area contributed by atoms with Gasteiger partial charge in [0, 0.05) is 17.4 Å². The summed E-state index contributed by atoms with van der Waals surface area (Å²) in [4.78, 5) is 35.0. The van der Waals surface area contributed by atoms with Gasteiger partial charge in [0.2, 0.25) is 5.91 Å². The molecule has 0 bridgehead atoms. The first-order valence-electron chi connectivity index (χ1n) is 13.8. The number of aryl methyl sites for hydroxylation is 2. The first kappa shape index (κ1) is 28.1. The Morgan fingerprint density at radius 1 is 1.05 bits per heavy atom. The fourth-order valence-corrected chi connectivity index (χ4v) is 5.14. The van der Waals surface area contributed by atoms with Crippen LogP contribution in [0.5, 0.6) is 11.5 Å². The molecule has 6 aromatic rings. The molecule has 12 heteroatoms. The van der Waals surface area contributed by atoms with Crippen LogP contribution >= 0.6 is 0 Å². The molecule has 2 aromatic carbocycles. The van der Waals surface area contributed by atoms with Gasteiger partial charge in [0.1, 0.15) is 17.1 Å². The van der Waals surface area contributed by atoms with Crippen molar-refractivity contribution in [1.29, 1.82) is 0 Å². The van der Waals surface area contributed by atoms with Gasteiger partial charge in [-0.1, -0.05) is 6.07 Å². The lowest BCUT2D eigenvalue weighted by Gasteiger charge is -2.12. The summed E-state index contributed by atoms with van der Waals surface area (Å²) in [7, 11) is 1.62. The van der Waals surface area contributed by atoms with Crippen LogP contribution in [0.1, 0.15) is 38.3 Å². The van der Waals surface area contributed by atoms with E-state index in [4.69, 9.17) is 31.3 Å². The highest BCUT2D eigenvalue weighted by atomic mass is 16.5. The third-order valence-corrected chi connectivity index (χ3v) is 7.38. The molecule has 220 valence electrons. The Balaban J connectivity index is 0.000000242. The number of aromatic hydroxyl groups is 1. The summed E-state index contributed by atoms with van der Waals surface area (Å²) in [5.74, 6) is 1.71. The third-order valence-electron chi connectivity index (χ3n) is 7.38. The van der Waals surface area contributed by atoms with Crippen LogP contribution < -0.4 is 16.2 Å². The number of hydrogen-bond acceptors (Lipinski definition) is 9. The Kier molecular flexibility index (Phi) is 7.46. The van der Waals surface area contributed by atoms with Crippen LogP contribution in [0, 0.1) is 0 Å². The van der Waals surface area contributed by atoms with E-state index in [1.807, 2.05) is 24.3 Å². The van der Waals surface area contributed by atoms with Gasteiger partial charge in [0.05, 0.1) is 30.6 Å². The summed E-state index contributed by atoms with van der Waals surface area (Å²) in [6.07, 6.45) is 9.01. The predicted octanol–water partition coefficient (Wildman–Crippen LogP) is 4.05. The van der Waals surface area contributed by atoms with Gasteiger partial charge < -0.3 is 21.3 Å². The SMILES string of the molecule is COc1cnn(-c2ccc3nc(-c4cccnc4N)n(-c4ccc5c(c4)CCC5)c3n2)c1.NC(=O)c1ccc(O)c(C=O)c1. The van der Waals surface area contributed by atoms with Gasteiger partial charge in [-0.3, -0.25) is 14.2 Å². The van der Waals surface area contributed by atoms with Crippen molar-refractivity contribution in [1.82, 2.24) is 29.3 Å². The number of aldehydes is 1. The number of rotatable bonds is 6. The van der Waals surface area contributed by atoms with Crippen LogP contribution in [0.15, 0.2) is 79.3 Å². The molecule has 4 heterocycles. The lowest BCUT2D eigenvalue weighted by molar-refractivity contribution is 0.1000. The molecule has 12 nitrogen and oxygen atoms in total. The maximum Gasteiger partial charge on any atom is 0.248 e. The quantitative estimate of drug-likeness (QED) is 0.242. The molecule has 0 unspecified atom stereocenters. The maximum atomic E-state index is 10.6. The number of imidazole rings is 1. The number of aromatic nitrogens is 6. The van der Waals surface area contributed by atoms with Gasteiger partial charge in [-0.05, 0) is 85.0 Å². The summed E-state index contributed by atoms with van der Waals surface area (Å²) in [6, 6.07) is 18.1. The second-order valence-electron chi connectivity index (χ2n) is 10.1. The van der Waals surface area contributed by atoms with Crippen LogP contribution in [-0.4, -0.2) is 53.7 Å². The van der Waals surface area contributed by atoms with Gasteiger partial charge in [-0.15, -0.1) is 0 Å². The lowest BCUT2D eigenvalue weighted by atomic mass is 10.1. The number of methoxy groups -OCH3 is 1. The van der Waals surface area contributed by atoms with Gasteiger partial charge in [-0.25, -0.2) is 19.6 Å². The molecule has 0 radical (unpaired) electrons. The molecule has 0 fully saturated rings. The fraction of sp³-hybridized carbons (Fsp3) is 0.125. The number of phenolic OH excluding ortho intramolecular Hbond substituents is 1. The molecule has 1 aliphatic rings. The summed E-state index contributed by atoms with van der Waals surface area (Å²) in [6.45, 7) is 0.